The lowest BCUT2D eigenvalue weighted by molar-refractivity contribution is 0.102. The predicted molar refractivity (Wildman–Crippen MR) is 124 cm³/mol. The van der Waals surface area contributed by atoms with Gasteiger partial charge in [-0.05, 0) is 43.2 Å². The highest BCUT2D eigenvalue weighted by Crippen LogP contribution is 2.32. The number of rotatable bonds is 5. The molecule has 0 atom stereocenters. The maximum Gasteiger partial charge on any atom is 0.275 e. The van der Waals surface area contributed by atoms with Crippen LogP contribution in [0.4, 0.5) is 11.4 Å². The molecule has 0 bridgehead atoms. The number of morpholine rings is 1. The molecule has 172 valence electrons. The van der Waals surface area contributed by atoms with Crippen LogP contribution in [0.5, 0.6) is 0 Å². The van der Waals surface area contributed by atoms with Crippen LogP contribution in [0.2, 0.25) is 10.2 Å². The van der Waals surface area contributed by atoms with Gasteiger partial charge in [0, 0.05) is 26.2 Å². The Morgan fingerprint density at radius 3 is 2.44 bits per heavy atom. The van der Waals surface area contributed by atoms with Crippen LogP contribution in [0.3, 0.4) is 0 Å². The first-order valence-electron chi connectivity index (χ1n) is 10.5. The molecule has 1 N–H and O–H groups in total. The number of aromatic nitrogens is 1. The minimum absolute atomic E-state index is 0.0311. The molecule has 32 heavy (non-hydrogen) atoms. The number of hydrogen-bond acceptors (Lipinski definition) is 6. The van der Waals surface area contributed by atoms with Gasteiger partial charge in [0.15, 0.2) is 0 Å². The highest BCUT2D eigenvalue weighted by atomic mass is 35.5. The third-order valence-electron chi connectivity index (χ3n) is 5.55. The summed E-state index contributed by atoms with van der Waals surface area (Å²) < 4.78 is 33.3. The number of pyridine rings is 1. The molecular weight excluding hydrogens is 475 g/mol. The van der Waals surface area contributed by atoms with Crippen molar-refractivity contribution in [3.8, 4) is 0 Å². The van der Waals surface area contributed by atoms with Crippen molar-refractivity contribution in [3.63, 3.8) is 0 Å². The lowest BCUT2D eigenvalue weighted by Gasteiger charge is -2.31. The summed E-state index contributed by atoms with van der Waals surface area (Å²) in [5.74, 6) is -0.570. The fourth-order valence-electron chi connectivity index (χ4n) is 3.87. The number of nitrogens with zero attached hydrogens (tertiary/aromatic N) is 3. The molecule has 2 aromatic rings. The molecule has 11 heteroatoms. The van der Waals surface area contributed by atoms with Crippen molar-refractivity contribution < 1.29 is 17.9 Å². The maximum absolute atomic E-state index is 13.2. The third-order valence-corrected chi connectivity index (χ3v) is 7.96. The quantitative estimate of drug-likeness (QED) is 0.632. The minimum Gasteiger partial charge on any atom is -0.378 e. The summed E-state index contributed by atoms with van der Waals surface area (Å²) in [6.07, 6.45) is 2.71. The fraction of sp³-hybridized carbons (Fsp3) is 0.429. The van der Waals surface area contributed by atoms with Crippen LogP contribution in [-0.2, 0) is 14.8 Å². The number of benzene rings is 1. The Labute approximate surface area is 197 Å². The van der Waals surface area contributed by atoms with Crippen LogP contribution in [0.25, 0.3) is 0 Å². The monoisotopic (exact) mass is 498 g/mol. The molecule has 1 aromatic heterocycles. The molecule has 0 radical (unpaired) electrons. The second-order valence-corrected chi connectivity index (χ2v) is 10.4. The summed E-state index contributed by atoms with van der Waals surface area (Å²) >= 11 is 12.1. The first-order chi connectivity index (χ1) is 15.4. The Morgan fingerprint density at radius 2 is 1.72 bits per heavy atom. The molecule has 0 saturated carbocycles. The van der Waals surface area contributed by atoms with Gasteiger partial charge >= 0.3 is 0 Å². The van der Waals surface area contributed by atoms with Gasteiger partial charge in [-0.15, -0.1) is 0 Å². The van der Waals surface area contributed by atoms with Crippen LogP contribution in [0.1, 0.15) is 29.8 Å². The number of halogens is 2. The molecule has 8 nitrogen and oxygen atoms in total. The van der Waals surface area contributed by atoms with E-state index in [2.05, 4.69) is 10.3 Å². The Balaban J connectivity index is 1.70. The highest BCUT2D eigenvalue weighted by Gasteiger charge is 2.28. The summed E-state index contributed by atoms with van der Waals surface area (Å²) in [4.78, 5) is 19.2. The van der Waals surface area contributed by atoms with Crippen molar-refractivity contribution in [1.29, 1.82) is 0 Å². The van der Waals surface area contributed by atoms with Crippen LogP contribution in [0.15, 0.2) is 35.2 Å². The molecule has 1 amide bonds. The first-order valence-corrected chi connectivity index (χ1v) is 12.7. The van der Waals surface area contributed by atoms with Crippen LogP contribution < -0.4 is 10.2 Å². The number of piperidine rings is 1. The summed E-state index contributed by atoms with van der Waals surface area (Å²) in [6.45, 7) is 3.33. The van der Waals surface area contributed by atoms with E-state index in [9.17, 15) is 13.2 Å². The average molecular weight is 499 g/mol. The first kappa shape index (κ1) is 23.3. The van der Waals surface area contributed by atoms with E-state index in [0.29, 0.717) is 50.8 Å². The molecule has 2 aliphatic heterocycles. The molecule has 1 aromatic carbocycles. The van der Waals surface area contributed by atoms with Crippen molar-refractivity contribution in [1.82, 2.24) is 9.29 Å². The predicted octanol–water partition coefficient (Wildman–Crippen LogP) is 3.65. The van der Waals surface area contributed by atoms with Gasteiger partial charge in [0.25, 0.3) is 5.91 Å². The molecule has 3 heterocycles. The standard InChI is InChI=1S/C21H24Cl2N4O4S/c22-16-5-7-19(23)25-20(16)21(28)24-17-14-15(32(29,30)27-8-2-1-3-9-27)4-6-18(17)26-10-12-31-13-11-26/h4-7,14H,1-3,8-13H2,(H,24,28). The number of hydrogen-bond donors (Lipinski definition) is 1. The van der Waals surface area contributed by atoms with Gasteiger partial charge in [-0.3, -0.25) is 4.79 Å². The zero-order valence-corrected chi connectivity index (χ0v) is 19.7. The Kier molecular flexibility index (Phi) is 7.21. The van der Waals surface area contributed by atoms with E-state index in [0.717, 1.165) is 19.3 Å². The smallest absolute Gasteiger partial charge is 0.275 e. The third kappa shape index (κ3) is 5.02. The molecule has 0 aliphatic carbocycles. The van der Waals surface area contributed by atoms with E-state index in [1.54, 1.807) is 12.1 Å². The minimum atomic E-state index is -3.67. The zero-order valence-electron chi connectivity index (χ0n) is 17.4. The van der Waals surface area contributed by atoms with Crippen LogP contribution in [-0.4, -0.2) is 63.0 Å². The molecule has 2 aliphatic rings. The summed E-state index contributed by atoms with van der Waals surface area (Å²) in [6, 6.07) is 7.81. The number of ether oxygens (including phenoxy) is 1. The zero-order chi connectivity index (χ0) is 22.7. The van der Waals surface area contributed by atoms with Gasteiger partial charge in [0.2, 0.25) is 10.0 Å². The Bertz CT molecular complexity index is 1100. The maximum atomic E-state index is 13.2. The molecule has 0 unspecified atom stereocenters. The van der Waals surface area contributed by atoms with Crippen molar-refractivity contribution in [2.75, 3.05) is 49.6 Å². The normalized spacial score (nSPS) is 17.9. The van der Waals surface area contributed by atoms with Gasteiger partial charge in [-0.25, -0.2) is 13.4 Å². The number of carbonyl (C=O) groups is 1. The van der Waals surface area contributed by atoms with E-state index in [4.69, 9.17) is 27.9 Å². The fourth-order valence-corrected chi connectivity index (χ4v) is 5.75. The average Bonchev–Trinajstić information content (AvgIpc) is 2.81. The number of sulfonamides is 1. The van der Waals surface area contributed by atoms with Crippen LogP contribution >= 0.6 is 23.2 Å². The summed E-state index contributed by atoms with van der Waals surface area (Å²) in [5.41, 5.74) is 1.04. The van der Waals surface area contributed by atoms with Crippen LogP contribution in [0, 0.1) is 0 Å². The molecule has 2 saturated heterocycles. The van der Waals surface area contributed by atoms with E-state index in [1.807, 2.05) is 4.90 Å². The van der Waals surface area contributed by atoms with Crippen molar-refractivity contribution in [3.05, 3.63) is 46.2 Å². The second kappa shape index (κ2) is 9.93. The highest BCUT2D eigenvalue weighted by molar-refractivity contribution is 7.89. The topological polar surface area (TPSA) is 91.8 Å². The SMILES string of the molecule is O=C(Nc1cc(S(=O)(=O)N2CCCCC2)ccc1N1CCOCC1)c1nc(Cl)ccc1Cl. The van der Waals surface area contributed by atoms with Gasteiger partial charge in [0.1, 0.15) is 10.8 Å². The summed E-state index contributed by atoms with van der Waals surface area (Å²) in [5, 5.41) is 3.08. The number of anilines is 2. The van der Waals surface area contributed by atoms with Crippen molar-refractivity contribution in [2.45, 2.75) is 24.2 Å². The number of nitrogens with one attached hydrogen (secondary N) is 1. The molecule has 0 spiro atoms. The number of carbonyl (C=O) groups excluding carboxylic acids is 1. The largest absolute Gasteiger partial charge is 0.378 e. The van der Waals surface area contributed by atoms with E-state index >= 15 is 0 Å². The molecular formula is C21H24Cl2N4O4S. The lowest BCUT2D eigenvalue weighted by atomic mass is 10.2. The van der Waals surface area contributed by atoms with E-state index in [1.165, 1.54) is 22.5 Å². The summed E-state index contributed by atoms with van der Waals surface area (Å²) in [7, 11) is -3.67. The van der Waals surface area contributed by atoms with Crippen molar-refractivity contribution >= 4 is 50.5 Å². The van der Waals surface area contributed by atoms with Gasteiger partial charge in [-0.2, -0.15) is 4.31 Å². The van der Waals surface area contributed by atoms with Gasteiger partial charge < -0.3 is 15.0 Å². The van der Waals surface area contributed by atoms with E-state index < -0.39 is 15.9 Å². The van der Waals surface area contributed by atoms with Crippen molar-refractivity contribution in [2.24, 2.45) is 0 Å². The molecule has 4 rings (SSSR count). The van der Waals surface area contributed by atoms with Gasteiger partial charge in [0.05, 0.1) is 34.5 Å². The second-order valence-electron chi connectivity index (χ2n) is 7.66. The number of amides is 1. The lowest BCUT2D eigenvalue weighted by Crippen LogP contribution is -2.37. The van der Waals surface area contributed by atoms with E-state index in [-0.39, 0.29) is 20.8 Å². The Hall–Kier alpha value is -1.91. The Morgan fingerprint density at radius 1 is 1.00 bits per heavy atom. The molecule has 2 fully saturated rings. The van der Waals surface area contributed by atoms with Gasteiger partial charge in [-0.1, -0.05) is 29.6 Å².